The third kappa shape index (κ3) is 8.21. The number of methoxy groups -OCH3 is 1. The maximum atomic E-state index is 13.9. The van der Waals surface area contributed by atoms with E-state index in [0.29, 0.717) is 5.56 Å². The SMILES string of the molecule is COC(=O)C(=O)C(Cc1ccc(O)c(F)c1)NC(=O)Cn1c(-c2ccccc2)ncc(NC(=O)OC(C)(C)C)c1=O. The van der Waals surface area contributed by atoms with Crippen LogP contribution in [0, 0.1) is 5.82 Å². The van der Waals surface area contributed by atoms with Crippen molar-refractivity contribution in [2.75, 3.05) is 12.4 Å². The Labute approximate surface area is 234 Å². The highest BCUT2D eigenvalue weighted by Gasteiger charge is 2.29. The lowest BCUT2D eigenvalue weighted by Gasteiger charge is -2.20. The van der Waals surface area contributed by atoms with E-state index in [-0.39, 0.29) is 23.5 Å². The fraction of sp³-hybridized carbons (Fsp3) is 0.286. The van der Waals surface area contributed by atoms with Crippen molar-refractivity contribution in [1.82, 2.24) is 14.9 Å². The largest absolute Gasteiger partial charge is 0.505 e. The van der Waals surface area contributed by atoms with E-state index in [0.717, 1.165) is 30.0 Å². The molecule has 2 aromatic carbocycles. The number of phenolic OH excluding ortho intramolecular Hbond substituents is 1. The molecule has 2 amide bonds. The topological polar surface area (TPSA) is 166 Å². The zero-order valence-corrected chi connectivity index (χ0v) is 22.8. The average Bonchev–Trinajstić information content (AvgIpc) is 2.91. The van der Waals surface area contributed by atoms with Gasteiger partial charge in [-0.25, -0.2) is 19.0 Å². The summed E-state index contributed by atoms with van der Waals surface area (Å²) in [5.41, 5.74) is -1.25. The van der Waals surface area contributed by atoms with Crippen LogP contribution in [0.15, 0.2) is 59.5 Å². The first-order valence-corrected chi connectivity index (χ1v) is 12.3. The second kappa shape index (κ2) is 12.9. The molecule has 41 heavy (non-hydrogen) atoms. The Hall–Kier alpha value is -5.07. The van der Waals surface area contributed by atoms with E-state index in [1.54, 1.807) is 51.1 Å². The van der Waals surface area contributed by atoms with Gasteiger partial charge in [-0.3, -0.25) is 24.3 Å². The molecule has 0 spiro atoms. The normalized spacial score (nSPS) is 11.7. The van der Waals surface area contributed by atoms with Crippen molar-refractivity contribution in [3.63, 3.8) is 0 Å². The van der Waals surface area contributed by atoms with Gasteiger partial charge in [0.25, 0.3) is 11.3 Å². The van der Waals surface area contributed by atoms with Crippen molar-refractivity contribution in [2.24, 2.45) is 0 Å². The quantitative estimate of drug-likeness (QED) is 0.260. The van der Waals surface area contributed by atoms with Crippen LogP contribution < -0.4 is 16.2 Å². The lowest BCUT2D eigenvalue weighted by atomic mass is 10.0. The number of hydrogen-bond acceptors (Lipinski definition) is 9. The van der Waals surface area contributed by atoms with E-state index in [1.165, 1.54) is 6.07 Å². The van der Waals surface area contributed by atoms with Crippen LogP contribution >= 0.6 is 0 Å². The highest BCUT2D eigenvalue weighted by molar-refractivity contribution is 6.36. The molecule has 3 aromatic rings. The summed E-state index contributed by atoms with van der Waals surface area (Å²) in [6.45, 7) is 4.26. The summed E-state index contributed by atoms with van der Waals surface area (Å²) in [4.78, 5) is 67.8. The summed E-state index contributed by atoms with van der Waals surface area (Å²) < 4.78 is 24.5. The lowest BCUT2D eigenvalue weighted by Crippen LogP contribution is -2.47. The Morgan fingerprint density at radius 1 is 1.10 bits per heavy atom. The van der Waals surface area contributed by atoms with E-state index in [9.17, 15) is 33.5 Å². The standard InChI is InChI=1S/C28H29FN4O8/c1-28(2,3)41-27(39)32-20-14-30-24(17-8-6-5-7-9-17)33(25(20)37)15-22(35)31-19(23(36)26(38)40-4)13-16-10-11-21(34)18(29)12-16/h5-12,14,19,34H,13,15H2,1-4H3,(H,31,35)(H,32,39). The van der Waals surface area contributed by atoms with Crippen molar-refractivity contribution in [3.05, 3.63) is 76.5 Å². The van der Waals surface area contributed by atoms with Crippen molar-refractivity contribution < 1.29 is 38.1 Å². The fourth-order valence-corrected chi connectivity index (χ4v) is 3.70. The van der Waals surface area contributed by atoms with Crippen LogP contribution in [0.25, 0.3) is 11.4 Å². The van der Waals surface area contributed by atoms with Crippen LogP contribution in [-0.2, 0) is 36.8 Å². The van der Waals surface area contributed by atoms with Crippen LogP contribution in [0.2, 0.25) is 0 Å². The Kier molecular flexibility index (Phi) is 9.55. The number of rotatable bonds is 9. The zero-order chi connectivity index (χ0) is 30.3. The number of nitrogens with zero attached hydrogens (tertiary/aromatic N) is 2. The molecule has 1 unspecified atom stereocenters. The van der Waals surface area contributed by atoms with Gasteiger partial charge in [-0.15, -0.1) is 0 Å². The fourth-order valence-electron chi connectivity index (χ4n) is 3.70. The Morgan fingerprint density at radius 3 is 2.39 bits per heavy atom. The number of phenols is 1. The number of aromatic nitrogens is 2. The van der Waals surface area contributed by atoms with Crippen molar-refractivity contribution >= 4 is 29.4 Å². The molecule has 3 N–H and O–H groups in total. The molecule has 0 fully saturated rings. The minimum absolute atomic E-state index is 0.0805. The molecule has 216 valence electrons. The zero-order valence-electron chi connectivity index (χ0n) is 22.8. The first-order valence-electron chi connectivity index (χ1n) is 12.3. The van der Waals surface area contributed by atoms with Gasteiger partial charge in [0.1, 0.15) is 29.7 Å². The van der Waals surface area contributed by atoms with E-state index in [2.05, 4.69) is 20.4 Å². The molecule has 0 aliphatic rings. The molecule has 12 nitrogen and oxygen atoms in total. The second-order valence-corrected chi connectivity index (χ2v) is 9.85. The molecule has 0 bridgehead atoms. The first-order chi connectivity index (χ1) is 19.3. The van der Waals surface area contributed by atoms with Crippen molar-refractivity contribution in [1.29, 1.82) is 0 Å². The van der Waals surface area contributed by atoms with Gasteiger partial charge in [0.15, 0.2) is 11.6 Å². The third-order valence-corrected chi connectivity index (χ3v) is 5.51. The Bertz CT molecular complexity index is 1520. The number of ether oxygens (including phenoxy) is 2. The van der Waals surface area contributed by atoms with E-state index in [1.807, 2.05) is 0 Å². The number of halogens is 1. The van der Waals surface area contributed by atoms with Crippen molar-refractivity contribution in [2.45, 2.75) is 45.4 Å². The number of nitrogens with one attached hydrogen (secondary N) is 2. The van der Waals surface area contributed by atoms with Crippen molar-refractivity contribution in [3.8, 4) is 17.1 Å². The van der Waals surface area contributed by atoms with Crippen LogP contribution in [0.4, 0.5) is 14.9 Å². The number of carbonyl (C=O) groups excluding carboxylic acids is 4. The van der Waals surface area contributed by atoms with Gasteiger partial charge in [-0.2, -0.15) is 0 Å². The molecule has 1 heterocycles. The minimum atomic E-state index is -1.49. The van der Waals surface area contributed by atoms with Gasteiger partial charge in [-0.1, -0.05) is 36.4 Å². The van der Waals surface area contributed by atoms with Gasteiger partial charge >= 0.3 is 12.1 Å². The van der Waals surface area contributed by atoms with Crippen LogP contribution in [0.5, 0.6) is 5.75 Å². The molecule has 1 atom stereocenters. The van der Waals surface area contributed by atoms with Gasteiger partial charge in [-0.05, 0) is 38.5 Å². The molecule has 0 saturated carbocycles. The summed E-state index contributed by atoms with van der Waals surface area (Å²) >= 11 is 0. The third-order valence-electron chi connectivity index (χ3n) is 5.51. The monoisotopic (exact) mass is 568 g/mol. The summed E-state index contributed by atoms with van der Waals surface area (Å²) in [5.74, 6) is -4.74. The number of carbonyl (C=O) groups is 4. The number of benzene rings is 2. The second-order valence-electron chi connectivity index (χ2n) is 9.85. The number of aromatic hydroxyl groups is 1. The molecule has 0 radical (unpaired) electrons. The number of anilines is 1. The molecular formula is C28H29FN4O8. The summed E-state index contributed by atoms with van der Waals surface area (Å²) in [5, 5.41) is 14.2. The number of Topliss-reactive ketones (excluding diaryl/α,β-unsaturated/α-hetero) is 1. The summed E-state index contributed by atoms with van der Waals surface area (Å²) in [7, 11) is 0.986. The van der Waals surface area contributed by atoms with Crippen LogP contribution in [0.1, 0.15) is 26.3 Å². The van der Waals surface area contributed by atoms with Gasteiger partial charge in [0.2, 0.25) is 5.91 Å². The van der Waals surface area contributed by atoms with Crippen LogP contribution in [0.3, 0.4) is 0 Å². The van der Waals surface area contributed by atoms with E-state index < -0.39 is 59.1 Å². The number of hydrogen-bond donors (Lipinski definition) is 3. The first kappa shape index (κ1) is 30.5. The molecule has 13 heteroatoms. The van der Waals surface area contributed by atoms with Gasteiger partial charge in [0, 0.05) is 12.0 Å². The summed E-state index contributed by atoms with van der Waals surface area (Å²) in [6, 6.07) is 10.3. The molecule has 0 saturated heterocycles. The lowest BCUT2D eigenvalue weighted by molar-refractivity contribution is -0.152. The minimum Gasteiger partial charge on any atom is -0.505 e. The molecule has 1 aromatic heterocycles. The smallest absolute Gasteiger partial charge is 0.412 e. The number of amides is 2. The molecule has 0 aliphatic heterocycles. The van der Waals surface area contributed by atoms with E-state index in [4.69, 9.17) is 4.74 Å². The Morgan fingerprint density at radius 2 is 1.78 bits per heavy atom. The molecule has 3 rings (SSSR count). The maximum absolute atomic E-state index is 13.9. The number of esters is 1. The highest BCUT2D eigenvalue weighted by atomic mass is 19.1. The predicted molar refractivity (Wildman–Crippen MR) is 145 cm³/mol. The maximum Gasteiger partial charge on any atom is 0.412 e. The average molecular weight is 569 g/mol. The summed E-state index contributed by atoms with van der Waals surface area (Å²) in [6.07, 6.45) is -0.105. The van der Waals surface area contributed by atoms with Gasteiger partial charge < -0.3 is 19.9 Å². The highest BCUT2D eigenvalue weighted by Crippen LogP contribution is 2.19. The molecule has 0 aliphatic carbocycles. The Balaban J connectivity index is 1.95. The predicted octanol–water partition coefficient (Wildman–Crippen LogP) is 2.57. The number of ketones is 1. The molecular weight excluding hydrogens is 539 g/mol. The van der Waals surface area contributed by atoms with Crippen LogP contribution in [-0.4, -0.2) is 57.2 Å². The van der Waals surface area contributed by atoms with Gasteiger partial charge in [0.05, 0.1) is 13.3 Å². The van der Waals surface area contributed by atoms with E-state index >= 15 is 0 Å².